The lowest BCUT2D eigenvalue weighted by atomic mass is 9.91. The monoisotopic (exact) mass is 620 g/mol. The van der Waals surface area contributed by atoms with E-state index in [0.29, 0.717) is 0 Å². The first-order valence-corrected chi connectivity index (χ1v) is 16.3. The van der Waals surface area contributed by atoms with E-state index in [1.807, 2.05) is 32.0 Å². The van der Waals surface area contributed by atoms with Crippen LogP contribution < -0.4 is 9.47 Å². The number of hydrogen-bond acceptors (Lipinski definition) is 3. The van der Waals surface area contributed by atoms with Crippen molar-refractivity contribution in [2.24, 2.45) is 0 Å². The highest BCUT2D eigenvalue weighted by Crippen LogP contribution is 2.47. The number of ether oxygens (including phenoxy) is 2. The van der Waals surface area contributed by atoms with Crippen molar-refractivity contribution in [3.05, 3.63) is 158 Å². The van der Waals surface area contributed by atoms with Gasteiger partial charge in [-0.05, 0) is 99.1 Å². The molecule has 1 aliphatic rings. The number of fused-ring (bicyclic) bond motifs is 6. The predicted octanol–water partition coefficient (Wildman–Crippen LogP) is 12.4. The molecule has 0 amide bonds. The maximum atomic E-state index is 6.53. The second-order valence-electron chi connectivity index (χ2n) is 12.8. The Kier molecular flexibility index (Phi) is 6.48. The van der Waals surface area contributed by atoms with Crippen molar-refractivity contribution in [1.29, 1.82) is 0 Å². The number of hydrogen-bond donors (Lipinski definition) is 0. The van der Waals surface area contributed by atoms with Crippen LogP contribution in [0.4, 0.5) is 0 Å². The van der Waals surface area contributed by atoms with Crippen LogP contribution in [0.3, 0.4) is 0 Å². The van der Waals surface area contributed by atoms with Gasteiger partial charge in [0, 0.05) is 35.7 Å². The summed E-state index contributed by atoms with van der Waals surface area (Å²) in [6, 6.07) is 55.4. The van der Waals surface area contributed by atoms with Gasteiger partial charge in [0.25, 0.3) is 0 Å². The first-order valence-electron chi connectivity index (χ1n) is 16.3. The van der Waals surface area contributed by atoms with Gasteiger partial charge in [0.2, 0.25) is 5.79 Å². The number of rotatable bonds is 4. The average molecular weight is 621 g/mol. The highest BCUT2D eigenvalue weighted by molar-refractivity contribution is 6.12. The summed E-state index contributed by atoms with van der Waals surface area (Å²) in [5, 5.41) is 2.22. The van der Waals surface area contributed by atoms with E-state index in [1.54, 1.807) is 0 Å². The molecule has 0 saturated carbocycles. The molecule has 2 heterocycles. The fourth-order valence-electron chi connectivity index (χ4n) is 6.96. The molecule has 3 nitrogen and oxygen atoms in total. The number of benzene rings is 7. The van der Waals surface area contributed by atoms with Gasteiger partial charge in [-0.2, -0.15) is 0 Å². The Bertz CT molecular complexity index is 2410. The normalized spacial score (nSPS) is 13.3. The van der Waals surface area contributed by atoms with Crippen molar-refractivity contribution in [2.45, 2.75) is 19.6 Å². The minimum atomic E-state index is -0.850. The zero-order valence-electron chi connectivity index (χ0n) is 26.7. The molecule has 0 radical (unpaired) electrons. The molecule has 0 N–H and O–H groups in total. The first-order chi connectivity index (χ1) is 23.5. The van der Waals surface area contributed by atoms with Gasteiger partial charge in [0.05, 0.1) is 0 Å². The quantitative estimate of drug-likeness (QED) is 0.196. The molecule has 0 spiro atoms. The second kappa shape index (κ2) is 11.0. The summed E-state index contributed by atoms with van der Waals surface area (Å²) in [6.07, 6.45) is 0. The van der Waals surface area contributed by atoms with Crippen LogP contribution >= 0.6 is 0 Å². The van der Waals surface area contributed by atoms with Crippen LogP contribution in [0.1, 0.15) is 13.8 Å². The highest BCUT2D eigenvalue weighted by atomic mass is 16.7. The molecular formula is C45H32O3. The van der Waals surface area contributed by atoms with Crippen molar-refractivity contribution in [3.63, 3.8) is 0 Å². The predicted molar refractivity (Wildman–Crippen MR) is 196 cm³/mol. The first kappa shape index (κ1) is 28.2. The molecule has 0 aliphatic carbocycles. The zero-order chi connectivity index (χ0) is 32.2. The van der Waals surface area contributed by atoms with Gasteiger partial charge in [-0.25, -0.2) is 0 Å². The molecule has 230 valence electrons. The fourth-order valence-corrected chi connectivity index (χ4v) is 6.96. The van der Waals surface area contributed by atoms with E-state index in [-0.39, 0.29) is 0 Å². The van der Waals surface area contributed by atoms with Crippen molar-refractivity contribution in [3.8, 4) is 67.1 Å². The highest BCUT2D eigenvalue weighted by Gasteiger charge is 2.30. The summed E-state index contributed by atoms with van der Waals surface area (Å²) in [7, 11) is 0. The smallest absolute Gasteiger partial charge is 0.245 e. The minimum Gasteiger partial charge on any atom is -0.456 e. The van der Waals surface area contributed by atoms with E-state index in [1.165, 1.54) is 22.3 Å². The minimum absolute atomic E-state index is 0.784. The van der Waals surface area contributed by atoms with Crippen molar-refractivity contribution in [1.82, 2.24) is 0 Å². The van der Waals surface area contributed by atoms with Crippen molar-refractivity contribution in [2.75, 3.05) is 0 Å². The summed E-state index contributed by atoms with van der Waals surface area (Å²) in [5.74, 6) is 0.721. The van der Waals surface area contributed by atoms with E-state index in [0.717, 1.165) is 66.8 Å². The van der Waals surface area contributed by atoms with E-state index < -0.39 is 5.79 Å². The molecule has 8 aromatic rings. The van der Waals surface area contributed by atoms with E-state index in [2.05, 4.69) is 140 Å². The van der Waals surface area contributed by atoms with E-state index >= 15 is 0 Å². The van der Waals surface area contributed by atoms with Crippen LogP contribution in [-0.2, 0) is 0 Å². The summed E-state index contributed by atoms with van der Waals surface area (Å²) >= 11 is 0. The Hall–Kier alpha value is -6.06. The maximum absolute atomic E-state index is 6.53. The van der Waals surface area contributed by atoms with Crippen LogP contribution in [0.25, 0.3) is 77.6 Å². The lowest BCUT2D eigenvalue weighted by Crippen LogP contribution is -2.34. The SMILES string of the molecule is CC1(C)Oc2ccc(-c3cc(-c4ccccc4)cc(-c4ccccc4)c3)cc2-c2cc(-c3cccc4oc5ccccc5c34)ccc2O1. The van der Waals surface area contributed by atoms with Gasteiger partial charge in [0.15, 0.2) is 0 Å². The van der Waals surface area contributed by atoms with Gasteiger partial charge in [-0.1, -0.05) is 103 Å². The summed E-state index contributed by atoms with van der Waals surface area (Å²) in [5.41, 5.74) is 12.9. The lowest BCUT2D eigenvalue weighted by Gasteiger charge is -2.25. The van der Waals surface area contributed by atoms with Crippen LogP contribution in [0.15, 0.2) is 162 Å². The zero-order valence-corrected chi connectivity index (χ0v) is 26.7. The van der Waals surface area contributed by atoms with Crippen LogP contribution in [-0.4, -0.2) is 5.79 Å². The Balaban J connectivity index is 1.24. The fraction of sp³-hybridized carbons (Fsp3) is 0.0667. The summed E-state index contributed by atoms with van der Waals surface area (Å²) in [4.78, 5) is 0. The second-order valence-corrected chi connectivity index (χ2v) is 12.8. The molecule has 48 heavy (non-hydrogen) atoms. The lowest BCUT2D eigenvalue weighted by molar-refractivity contribution is -0.0778. The van der Waals surface area contributed by atoms with Gasteiger partial charge in [-0.15, -0.1) is 0 Å². The van der Waals surface area contributed by atoms with Gasteiger partial charge < -0.3 is 13.9 Å². The molecule has 7 aromatic carbocycles. The molecule has 1 aromatic heterocycles. The Morgan fingerprint density at radius 2 is 0.896 bits per heavy atom. The third-order valence-electron chi connectivity index (χ3n) is 9.15. The van der Waals surface area contributed by atoms with Crippen LogP contribution in [0.5, 0.6) is 11.5 Å². The van der Waals surface area contributed by atoms with E-state index in [9.17, 15) is 0 Å². The standard InChI is InChI=1S/C45H32O3/c1-45(2)47-41-22-20-31(35-25-33(29-12-5-3-6-13-29)24-34(26-35)30-14-7-4-8-15-30)27-38(41)39-28-32(21-23-42(39)48-45)36-17-11-19-43-44(36)37-16-9-10-18-40(37)46-43/h3-28H,1-2H3. The molecule has 3 heteroatoms. The van der Waals surface area contributed by atoms with Crippen LogP contribution in [0.2, 0.25) is 0 Å². The Morgan fingerprint density at radius 1 is 0.375 bits per heavy atom. The van der Waals surface area contributed by atoms with E-state index in [4.69, 9.17) is 13.9 Å². The molecular weight excluding hydrogens is 588 g/mol. The third-order valence-corrected chi connectivity index (χ3v) is 9.15. The largest absolute Gasteiger partial charge is 0.456 e. The topological polar surface area (TPSA) is 31.6 Å². The Morgan fingerprint density at radius 3 is 1.54 bits per heavy atom. The third kappa shape index (κ3) is 4.92. The van der Waals surface area contributed by atoms with Crippen molar-refractivity contribution < 1.29 is 13.9 Å². The van der Waals surface area contributed by atoms with Crippen LogP contribution in [0, 0.1) is 0 Å². The van der Waals surface area contributed by atoms with Gasteiger partial charge in [0.1, 0.15) is 22.7 Å². The molecule has 0 unspecified atom stereocenters. The molecule has 0 atom stereocenters. The molecule has 0 saturated heterocycles. The molecule has 0 fully saturated rings. The van der Waals surface area contributed by atoms with Gasteiger partial charge >= 0.3 is 0 Å². The van der Waals surface area contributed by atoms with Crippen molar-refractivity contribution >= 4 is 21.9 Å². The van der Waals surface area contributed by atoms with Gasteiger partial charge in [-0.3, -0.25) is 0 Å². The maximum Gasteiger partial charge on any atom is 0.245 e. The molecule has 0 bridgehead atoms. The molecule has 9 rings (SSSR count). The Labute approximate surface area is 279 Å². The summed E-state index contributed by atoms with van der Waals surface area (Å²) in [6.45, 7) is 3.92. The number of para-hydroxylation sites is 1. The molecule has 1 aliphatic heterocycles. The average Bonchev–Trinajstić information content (AvgIpc) is 3.46. The summed E-state index contributed by atoms with van der Waals surface area (Å²) < 4.78 is 19.3. The number of furan rings is 1.